The first-order chi connectivity index (χ1) is 15.0. The average molecular weight is 442 g/mol. The first kappa shape index (κ1) is 21.0. The minimum Gasteiger partial charge on any atom is -0.496 e. The number of nitrogens with one attached hydrogen (secondary N) is 1. The van der Waals surface area contributed by atoms with E-state index < -0.39 is 11.2 Å². The number of rotatable bonds is 6. The molecule has 4 rings (SSSR count). The lowest BCUT2D eigenvalue weighted by Gasteiger charge is -2.31. The third kappa shape index (κ3) is 4.74. The number of ether oxygens (including phenoxy) is 1. The molecule has 0 aliphatic carbocycles. The van der Waals surface area contributed by atoms with Crippen LogP contribution in [0.3, 0.4) is 0 Å². The highest BCUT2D eigenvalue weighted by atomic mass is 32.1. The molecule has 10 heteroatoms. The van der Waals surface area contributed by atoms with Crippen LogP contribution in [0.25, 0.3) is 10.6 Å². The number of aromatic nitrogens is 4. The Balaban J connectivity index is 1.33. The summed E-state index contributed by atoms with van der Waals surface area (Å²) in [7, 11) is 1.64. The summed E-state index contributed by atoms with van der Waals surface area (Å²) in [5, 5.41) is 10.6. The molecule has 0 atom stereocenters. The van der Waals surface area contributed by atoms with Gasteiger partial charge in [-0.15, -0.1) is 10.2 Å². The van der Waals surface area contributed by atoms with Crippen LogP contribution in [0.4, 0.5) is 0 Å². The topological polar surface area (TPSA) is 110 Å². The van der Waals surface area contributed by atoms with Gasteiger partial charge in [0.05, 0.1) is 12.7 Å². The zero-order valence-electron chi connectivity index (χ0n) is 17.1. The Labute approximate surface area is 182 Å². The quantitative estimate of drug-likeness (QED) is 0.625. The van der Waals surface area contributed by atoms with E-state index in [0.29, 0.717) is 13.1 Å². The van der Waals surface area contributed by atoms with Gasteiger partial charge in [0.25, 0.3) is 5.56 Å². The molecule has 3 heterocycles. The molecule has 0 unspecified atom stereocenters. The van der Waals surface area contributed by atoms with Crippen LogP contribution in [0.5, 0.6) is 5.75 Å². The first-order valence-electron chi connectivity index (χ1n) is 10.1. The Hall–Kier alpha value is -3.27. The largest absolute Gasteiger partial charge is 0.496 e. The summed E-state index contributed by atoms with van der Waals surface area (Å²) in [6.07, 6.45) is 3.28. The molecule has 0 radical (unpaired) electrons. The van der Waals surface area contributed by atoms with Crippen molar-refractivity contribution in [2.24, 2.45) is 0 Å². The maximum Gasteiger partial charge on any atom is 0.328 e. The average Bonchev–Trinajstić information content (AvgIpc) is 3.28. The number of hydrogen-bond donors (Lipinski definition) is 1. The van der Waals surface area contributed by atoms with E-state index in [1.165, 1.54) is 16.8 Å². The lowest BCUT2D eigenvalue weighted by molar-refractivity contribution is -0.132. The molecule has 31 heavy (non-hydrogen) atoms. The van der Waals surface area contributed by atoms with Crippen LogP contribution in [-0.2, 0) is 11.3 Å². The molecule has 1 N–H and O–H groups in total. The molecule has 2 aromatic heterocycles. The number of aromatic amines is 1. The highest BCUT2D eigenvalue weighted by Gasteiger charge is 2.26. The van der Waals surface area contributed by atoms with Crippen LogP contribution in [0.2, 0.25) is 0 Å². The molecule has 0 bridgehead atoms. The van der Waals surface area contributed by atoms with Gasteiger partial charge in [0.1, 0.15) is 10.8 Å². The van der Waals surface area contributed by atoms with Crippen molar-refractivity contribution < 1.29 is 9.53 Å². The summed E-state index contributed by atoms with van der Waals surface area (Å²) < 4.78 is 6.76. The lowest BCUT2D eigenvalue weighted by atomic mass is 9.97. The molecular formula is C21H23N5O4S. The maximum atomic E-state index is 12.6. The number of methoxy groups -OCH3 is 1. The van der Waals surface area contributed by atoms with Gasteiger partial charge in [0, 0.05) is 44.2 Å². The van der Waals surface area contributed by atoms with Crippen LogP contribution in [-0.4, -0.2) is 50.8 Å². The fraction of sp³-hybridized carbons (Fsp3) is 0.381. The number of nitrogens with zero attached hydrogens (tertiary/aromatic N) is 4. The molecule has 162 valence electrons. The van der Waals surface area contributed by atoms with Crippen LogP contribution >= 0.6 is 11.3 Å². The van der Waals surface area contributed by atoms with Gasteiger partial charge in [-0.3, -0.25) is 14.6 Å². The number of benzene rings is 1. The van der Waals surface area contributed by atoms with Gasteiger partial charge < -0.3 is 14.2 Å². The van der Waals surface area contributed by atoms with Crippen molar-refractivity contribution in [3.05, 3.63) is 62.4 Å². The van der Waals surface area contributed by atoms with E-state index in [9.17, 15) is 14.4 Å². The van der Waals surface area contributed by atoms with E-state index in [4.69, 9.17) is 4.74 Å². The van der Waals surface area contributed by atoms with E-state index in [0.717, 1.165) is 34.2 Å². The second-order valence-electron chi connectivity index (χ2n) is 7.35. The van der Waals surface area contributed by atoms with E-state index in [1.54, 1.807) is 18.4 Å². The number of carbonyl (C=O) groups is 1. The Bertz CT molecular complexity index is 1180. The normalized spacial score (nSPS) is 14.5. The van der Waals surface area contributed by atoms with Crippen LogP contribution in [0.1, 0.15) is 30.2 Å². The first-order valence-corrected chi connectivity index (χ1v) is 10.9. The van der Waals surface area contributed by atoms with Gasteiger partial charge in [-0.25, -0.2) is 4.79 Å². The van der Waals surface area contributed by atoms with E-state index in [1.807, 2.05) is 29.2 Å². The van der Waals surface area contributed by atoms with Crippen molar-refractivity contribution in [3.63, 3.8) is 0 Å². The van der Waals surface area contributed by atoms with Crippen molar-refractivity contribution in [3.8, 4) is 16.3 Å². The standard InChI is InChI=1S/C21H23N5O4S/c1-30-16-5-3-2-4-15(16)20-24-23-19(31-20)14-6-10-25(11-7-14)18(28)9-13-26-12-8-17(27)22-21(26)29/h2-5,8,12,14H,6-7,9-11,13H2,1H3,(H,22,27,29). The van der Waals surface area contributed by atoms with Crippen molar-refractivity contribution in [2.45, 2.75) is 31.7 Å². The van der Waals surface area contributed by atoms with Crippen LogP contribution in [0, 0.1) is 0 Å². The summed E-state index contributed by atoms with van der Waals surface area (Å²) >= 11 is 1.57. The summed E-state index contributed by atoms with van der Waals surface area (Å²) in [5.41, 5.74) is -0.0137. The zero-order chi connectivity index (χ0) is 21.8. The highest BCUT2D eigenvalue weighted by Crippen LogP contribution is 2.36. The Kier molecular flexibility index (Phi) is 6.26. The van der Waals surface area contributed by atoms with Gasteiger partial charge in [0.15, 0.2) is 5.01 Å². The molecule has 1 amide bonds. The lowest BCUT2D eigenvalue weighted by Crippen LogP contribution is -2.39. The fourth-order valence-corrected chi connectivity index (χ4v) is 4.74. The van der Waals surface area contributed by atoms with Crippen LogP contribution in [0.15, 0.2) is 46.1 Å². The van der Waals surface area contributed by atoms with Crippen LogP contribution < -0.4 is 16.0 Å². The molecule has 9 nitrogen and oxygen atoms in total. The van der Waals surface area contributed by atoms with Gasteiger partial charge in [-0.2, -0.15) is 0 Å². The predicted molar refractivity (Wildman–Crippen MR) is 116 cm³/mol. The number of likely N-dealkylation sites (tertiary alicyclic amines) is 1. The number of amides is 1. The molecule has 1 fully saturated rings. The maximum absolute atomic E-state index is 12.6. The van der Waals surface area contributed by atoms with Crippen molar-refractivity contribution >= 4 is 17.2 Å². The predicted octanol–water partition coefficient (Wildman–Crippen LogP) is 1.86. The molecule has 1 aromatic carbocycles. The molecular weight excluding hydrogens is 418 g/mol. The van der Waals surface area contributed by atoms with E-state index in [-0.39, 0.29) is 24.8 Å². The second-order valence-corrected chi connectivity index (χ2v) is 8.36. The SMILES string of the molecule is COc1ccccc1-c1nnc(C2CCN(C(=O)CCn3ccc(=O)[nH]c3=O)CC2)s1. The Morgan fingerprint density at radius 3 is 2.71 bits per heavy atom. The highest BCUT2D eigenvalue weighted by molar-refractivity contribution is 7.14. The summed E-state index contributed by atoms with van der Waals surface area (Å²) in [6, 6.07) is 9.02. The van der Waals surface area contributed by atoms with Gasteiger partial charge in [-0.1, -0.05) is 23.5 Å². The number of hydrogen-bond acceptors (Lipinski definition) is 7. The number of para-hydroxylation sites is 1. The molecule has 1 aliphatic heterocycles. The minimum absolute atomic E-state index is 0.00326. The smallest absolute Gasteiger partial charge is 0.328 e. The number of aryl methyl sites for hydroxylation is 1. The van der Waals surface area contributed by atoms with Gasteiger partial charge in [0.2, 0.25) is 5.91 Å². The molecule has 1 aliphatic rings. The second kappa shape index (κ2) is 9.25. The number of piperidine rings is 1. The third-order valence-electron chi connectivity index (χ3n) is 5.44. The Morgan fingerprint density at radius 2 is 1.97 bits per heavy atom. The van der Waals surface area contributed by atoms with Crippen molar-refractivity contribution in [1.82, 2.24) is 24.6 Å². The van der Waals surface area contributed by atoms with E-state index >= 15 is 0 Å². The summed E-state index contributed by atoms with van der Waals surface area (Å²) in [4.78, 5) is 39.4. The number of H-pyrrole nitrogens is 1. The van der Waals surface area contributed by atoms with Crippen molar-refractivity contribution in [1.29, 1.82) is 0 Å². The summed E-state index contributed by atoms with van der Waals surface area (Å²) in [5.74, 6) is 1.04. The monoisotopic (exact) mass is 441 g/mol. The van der Waals surface area contributed by atoms with Gasteiger partial charge in [-0.05, 0) is 25.0 Å². The molecule has 3 aromatic rings. The molecule has 0 saturated carbocycles. The third-order valence-corrected chi connectivity index (χ3v) is 6.56. The Morgan fingerprint density at radius 1 is 1.19 bits per heavy atom. The molecule has 1 saturated heterocycles. The number of carbonyl (C=O) groups excluding carboxylic acids is 1. The van der Waals surface area contributed by atoms with Gasteiger partial charge >= 0.3 is 5.69 Å². The summed E-state index contributed by atoms with van der Waals surface area (Å²) in [6.45, 7) is 1.54. The fourth-order valence-electron chi connectivity index (χ4n) is 3.70. The zero-order valence-corrected chi connectivity index (χ0v) is 17.9. The molecule has 0 spiro atoms. The van der Waals surface area contributed by atoms with E-state index in [2.05, 4.69) is 15.2 Å². The minimum atomic E-state index is -0.499. The van der Waals surface area contributed by atoms with Crippen molar-refractivity contribution in [2.75, 3.05) is 20.2 Å².